The molecule has 0 saturated heterocycles. The molecule has 0 unspecified atom stereocenters. The second-order valence-corrected chi connectivity index (χ2v) is 37.8. The predicted molar refractivity (Wildman–Crippen MR) is 560 cm³/mol. The zero-order valence-electron chi connectivity index (χ0n) is 101. The molecule has 0 radical (unpaired) electrons. The Balaban J connectivity index is 0.000000132. The molecule has 137 heavy (non-hydrogen) atoms. The fraction of sp³-hybridized carbons (Fsp3) is 0.328. The summed E-state index contributed by atoms with van der Waals surface area (Å²) in [6.45, 7) is 22.1. The van der Waals surface area contributed by atoms with Crippen LogP contribution in [0.15, 0.2) is 223 Å². The van der Waals surface area contributed by atoms with E-state index in [-0.39, 0.29) is 53.7 Å². The molecular weight excluding hydrogens is 1690 g/mol. The maximum absolute atomic E-state index is 9.01. The standard InChI is InChI=1S/C26H29N2O.C25H29N2O.C23H23N2O.C23H25N2O.C22H23N2O.C3H4/c1-16-10-11-20-21-12-13-22(19-8-6-5-7-9-19)27-26(21)29-25(20)24(16)23-14-17(2)18(3)15-28(23)4;1-15-8-10-19-20-11-9-18(13-25(4,5)6)26-24(20)28-23(19)22(15)21-12-16(2)17(3)14-27(21)7;1-15-9-10-18-19-8-5-12-24-23(19)26-22(18)21(15)20-14-17(11-13-25(20)2)16-6-3-4-7-16;1-13(2)19-12-25(6)20(11-15(19)4)21-14(3)7-9-17-18-10-8-16(5)24-23(18)26-22(17)21;1-13(2)18-12-24(5)19(11-15(18)4)20-14(3)8-9-16-17-7-6-10-23-22(17)25-21(16)20;1-3-2/h10-15,19H,5-9H2,1-4H3;8-12,14H,13H2,1-7H3;5,8-14,16H,3-4,6-7H2,1-2H3;7-13H,1-6H3;6-13H,1-5H3;1H,2H3/q5*+1;/i3D3,8D2,9D2,19D;3D3,4D3,5D3;12D,16D;;;. The molecule has 15 heteroatoms. The number of aromatic nitrogens is 10. The van der Waals surface area contributed by atoms with Gasteiger partial charge in [0.05, 0.1) is 29.2 Å². The Morgan fingerprint density at radius 1 is 0.409 bits per heavy atom. The van der Waals surface area contributed by atoms with Crippen molar-refractivity contribution >= 4 is 110 Å². The summed E-state index contributed by atoms with van der Waals surface area (Å²) in [5.74, 6) is 0.595. The van der Waals surface area contributed by atoms with E-state index in [1.165, 1.54) is 51.7 Å². The van der Waals surface area contributed by atoms with E-state index < -0.39 is 57.4 Å². The second-order valence-electron chi connectivity index (χ2n) is 37.8. The largest absolute Gasteiger partial charge is 0.437 e. The minimum absolute atomic E-state index is 0.00968. The monoisotopic (exact) mass is 1840 g/mol. The number of fused-ring (bicyclic) bond motifs is 15. The first kappa shape index (κ1) is 73.5. The molecule has 2 aliphatic rings. The van der Waals surface area contributed by atoms with Crippen LogP contribution in [0.5, 0.6) is 0 Å². The van der Waals surface area contributed by atoms with Gasteiger partial charge in [-0.2, -0.15) is 0 Å². The van der Waals surface area contributed by atoms with Gasteiger partial charge in [-0.15, -0.1) is 12.3 Å². The second kappa shape index (κ2) is 39.1. The molecule has 15 heterocycles. The van der Waals surface area contributed by atoms with Crippen LogP contribution < -0.4 is 22.8 Å². The average molecular weight is 1840 g/mol. The van der Waals surface area contributed by atoms with Gasteiger partial charge in [0.25, 0.3) is 0 Å². The first-order valence-electron chi connectivity index (χ1n) is 56.6. The SMILES string of the molecule is C#CC.Cc1cc(-c2c(C)ccc3c2oc2ncccc23)[n+](C)cc1C(C)C.Cc1ccc2c(n1)oc1c(-c3cc(C)c(C(C)C)c[n+]3C)c(C)ccc12.[2H]C([2H])([2H])c1c[n+](C)c(-c2c(C)ccc3c2oc2nc(C4([2H])C([2H])([2H])CCCC4([2H])[2H])ccc23)cc1C.[2H]C([2H])([2H])c1c[n+](C)c(-c2c(C)ccc3c2oc2nc(CC(C)(C([2H])([2H])[2H])C([2H])([2H])[2H])ccc23)cc1C.[2H]c1ccc2c(n1)oc1c(-c3cc(C4([2H])CCCC4)cc[n+]3C)c(C)ccc12. The molecule has 5 aromatic carbocycles. The van der Waals surface area contributed by atoms with Crippen molar-refractivity contribution < 1.29 is 71.0 Å². The Morgan fingerprint density at radius 3 is 1.23 bits per heavy atom. The molecule has 2 fully saturated rings. The molecule has 15 aromatic heterocycles. The van der Waals surface area contributed by atoms with Gasteiger partial charge < -0.3 is 22.1 Å². The van der Waals surface area contributed by atoms with Crippen LogP contribution in [0.4, 0.5) is 0 Å². The minimum atomic E-state index is -2.72. The molecule has 0 amide bonds. The van der Waals surface area contributed by atoms with Crippen molar-refractivity contribution in [3.63, 3.8) is 0 Å². The lowest BCUT2D eigenvalue weighted by molar-refractivity contribution is -0.661. The highest BCUT2D eigenvalue weighted by molar-refractivity contribution is 6.13. The van der Waals surface area contributed by atoms with Gasteiger partial charge in [-0.05, 0) is 261 Å². The Morgan fingerprint density at radius 2 is 0.788 bits per heavy atom. The number of furan rings is 5. The summed E-state index contributed by atoms with van der Waals surface area (Å²) < 4.78 is 195. The number of rotatable bonds is 10. The molecule has 22 rings (SSSR count). The van der Waals surface area contributed by atoms with Gasteiger partial charge in [0, 0.05) is 173 Å². The van der Waals surface area contributed by atoms with E-state index in [0.717, 1.165) is 158 Å². The third-order valence-electron chi connectivity index (χ3n) is 26.6. The van der Waals surface area contributed by atoms with Crippen LogP contribution >= 0.6 is 0 Å². The molecule has 0 spiro atoms. The Labute approximate surface area is 833 Å². The third-order valence-corrected chi connectivity index (χ3v) is 26.6. The Bertz CT molecular complexity index is 9010. The molecule has 0 atom stereocenters. The molecule has 20 aromatic rings. The van der Waals surface area contributed by atoms with Crippen molar-refractivity contribution in [3.05, 3.63) is 296 Å². The minimum Gasteiger partial charge on any atom is -0.437 e. The zero-order valence-corrected chi connectivity index (χ0v) is 82.4. The lowest BCUT2D eigenvalue weighted by Gasteiger charge is -2.20. The molecule has 0 bridgehead atoms. The van der Waals surface area contributed by atoms with E-state index in [0.29, 0.717) is 74.2 Å². The number of terminal acetylenes is 1. The molecule has 0 aliphatic heterocycles. The van der Waals surface area contributed by atoms with Crippen LogP contribution in [0.25, 0.3) is 167 Å². The molecule has 696 valence electrons. The number of aryl methyl sites for hydroxylation is 17. The van der Waals surface area contributed by atoms with E-state index in [2.05, 4.69) is 219 Å². The summed E-state index contributed by atoms with van der Waals surface area (Å²) in [5, 5.41) is 9.29. The van der Waals surface area contributed by atoms with Crippen molar-refractivity contribution in [3.8, 4) is 68.6 Å². The van der Waals surface area contributed by atoms with Gasteiger partial charge in [0.2, 0.25) is 57.0 Å². The van der Waals surface area contributed by atoms with E-state index in [1.54, 1.807) is 92.9 Å². The van der Waals surface area contributed by atoms with Crippen molar-refractivity contribution in [2.75, 3.05) is 0 Å². The summed E-state index contributed by atoms with van der Waals surface area (Å²) >= 11 is 0. The number of hydrogen-bond donors (Lipinski definition) is 0. The highest BCUT2D eigenvalue weighted by Gasteiger charge is 2.32. The molecule has 2 aliphatic carbocycles. The van der Waals surface area contributed by atoms with Gasteiger partial charge in [-0.25, -0.2) is 47.8 Å². The summed E-state index contributed by atoms with van der Waals surface area (Å²) in [4.78, 5) is 22.3. The Kier molecular flexibility index (Phi) is 21.0. The summed E-state index contributed by atoms with van der Waals surface area (Å²) in [6.07, 6.45) is 16.5. The summed E-state index contributed by atoms with van der Waals surface area (Å²) in [5.41, 5.74) is 28.9. The lowest BCUT2D eigenvalue weighted by Crippen LogP contribution is -2.32. The van der Waals surface area contributed by atoms with Gasteiger partial charge in [0.15, 0.2) is 58.9 Å². The van der Waals surface area contributed by atoms with Crippen LogP contribution in [0.2, 0.25) is 0 Å². The predicted octanol–water partition coefficient (Wildman–Crippen LogP) is 29.2. The maximum Gasteiger partial charge on any atom is 0.227 e. The fourth-order valence-corrected chi connectivity index (χ4v) is 19.4. The van der Waals surface area contributed by atoms with Crippen molar-refractivity contribution in [1.82, 2.24) is 24.9 Å². The van der Waals surface area contributed by atoms with Gasteiger partial charge >= 0.3 is 0 Å². The molecule has 15 nitrogen and oxygen atoms in total. The van der Waals surface area contributed by atoms with Gasteiger partial charge in [0.1, 0.15) is 35.2 Å². The average Bonchev–Trinajstić information content (AvgIpc) is 1.20. The molecule has 2 saturated carbocycles. The van der Waals surface area contributed by atoms with E-state index in [9.17, 15) is 0 Å². The number of nitrogens with zero attached hydrogens (tertiary/aromatic N) is 10. The highest BCUT2D eigenvalue weighted by atomic mass is 16.4. The van der Waals surface area contributed by atoms with Crippen molar-refractivity contribution in [2.45, 2.75) is 226 Å². The quantitative estimate of drug-likeness (QED) is 0.0956. The lowest BCUT2D eigenvalue weighted by atomic mass is 9.86. The van der Waals surface area contributed by atoms with E-state index >= 15 is 0 Å². The maximum atomic E-state index is 9.01. The van der Waals surface area contributed by atoms with Gasteiger partial charge in [-0.1, -0.05) is 141 Å². The normalized spacial score (nSPS) is 16.7. The number of pyridine rings is 10. The van der Waals surface area contributed by atoms with Crippen LogP contribution in [-0.2, 0) is 41.7 Å². The number of hydrogen-bond acceptors (Lipinski definition) is 10. The first-order chi connectivity index (χ1) is 73.1. The first-order valence-corrected chi connectivity index (χ1v) is 47.1. The summed E-state index contributed by atoms with van der Waals surface area (Å²) in [6, 6.07) is 51.5. The fourth-order valence-electron chi connectivity index (χ4n) is 19.4. The topological polar surface area (TPSA) is 150 Å². The van der Waals surface area contributed by atoms with Gasteiger partial charge in [-0.3, -0.25) is 0 Å². The van der Waals surface area contributed by atoms with E-state index in [4.69, 9.17) is 48.1 Å². The Hall–Kier alpha value is -13.8. The zero-order chi connectivity index (χ0) is 113. The third kappa shape index (κ3) is 18.9. The van der Waals surface area contributed by atoms with Crippen LogP contribution in [0.3, 0.4) is 0 Å². The highest BCUT2D eigenvalue weighted by Crippen LogP contribution is 2.46. The van der Waals surface area contributed by atoms with Crippen LogP contribution in [-0.4, -0.2) is 24.9 Å². The van der Waals surface area contributed by atoms with Crippen molar-refractivity contribution in [1.29, 1.82) is 0 Å². The molecular formula is C122H133N10O5+5. The van der Waals surface area contributed by atoms with Crippen LogP contribution in [0.1, 0.15) is 258 Å². The van der Waals surface area contributed by atoms with Crippen LogP contribution in [0, 0.1) is 101 Å². The summed E-state index contributed by atoms with van der Waals surface area (Å²) in [7, 11) is 9.83. The smallest absolute Gasteiger partial charge is 0.227 e. The van der Waals surface area contributed by atoms with Crippen molar-refractivity contribution in [2.24, 2.45) is 40.7 Å². The number of benzene rings is 5. The van der Waals surface area contributed by atoms with E-state index in [1.807, 2.05) is 82.4 Å². The molecule has 0 N–H and O–H groups in total.